The molecule has 1 aliphatic heterocycles. The van der Waals surface area contributed by atoms with Crippen molar-refractivity contribution in [1.29, 1.82) is 0 Å². The summed E-state index contributed by atoms with van der Waals surface area (Å²) in [7, 11) is 0. The van der Waals surface area contributed by atoms with E-state index in [0.717, 1.165) is 35.4 Å². The van der Waals surface area contributed by atoms with E-state index >= 15 is 0 Å². The Morgan fingerprint density at radius 1 is 1.44 bits per heavy atom. The molecule has 9 heavy (non-hydrogen) atoms. The van der Waals surface area contributed by atoms with Crippen LogP contribution in [0.5, 0.6) is 0 Å². The first-order valence-electron chi connectivity index (χ1n) is 1.86. The maximum Gasteiger partial charge on any atom is 0.177 e. The fraction of sp³-hybridized carbons (Fsp3) is 0. The van der Waals surface area contributed by atoms with Crippen molar-refractivity contribution in [3.05, 3.63) is 0 Å². The molecule has 0 aromatic carbocycles. The lowest BCUT2D eigenvalue weighted by atomic mass is 10.9. The van der Waals surface area contributed by atoms with Gasteiger partial charge in [-0.1, -0.05) is 0 Å². The molecule has 0 unspecified atom stereocenters. The number of carbonyl (C=O) groups is 1. The predicted octanol–water partition coefficient (Wildman–Crippen LogP) is 1.26. The molecule has 0 spiro atoms. The van der Waals surface area contributed by atoms with Gasteiger partial charge < -0.3 is 0 Å². The maximum atomic E-state index is 10.0. The first-order chi connectivity index (χ1) is 4.43. The zero-order valence-corrected chi connectivity index (χ0v) is 6.50. The van der Waals surface area contributed by atoms with Crippen molar-refractivity contribution in [2.75, 3.05) is 0 Å². The van der Waals surface area contributed by atoms with Crippen molar-refractivity contribution in [3.63, 3.8) is 0 Å². The van der Waals surface area contributed by atoms with Gasteiger partial charge in [0.25, 0.3) is 0 Å². The van der Waals surface area contributed by atoms with Gasteiger partial charge in [-0.15, -0.1) is 7.54 Å². The molecule has 0 radical (unpaired) electrons. The molecule has 0 amide bonds. The van der Waals surface area contributed by atoms with Crippen molar-refractivity contribution in [1.82, 2.24) is 0 Å². The molecule has 0 saturated heterocycles. The Morgan fingerprint density at radius 2 is 2.33 bits per heavy atom. The first-order valence-corrected chi connectivity index (χ1v) is 4.10. The summed E-state index contributed by atoms with van der Waals surface area (Å²) in [5.41, 5.74) is 0. The molecule has 1 heterocycles. The number of hydrogen-bond acceptors (Lipinski definition) is 6. The highest BCUT2D eigenvalue weighted by Gasteiger charge is 1.97. The molecular formula is C2HN3OS3. The average Bonchev–Trinajstić information content (AvgIpc) is 2.13. The van der Waals surface area contributed by atoms with Crippen LogP contribution in [0.1, 0.15) is 0 Å². The van der Waals surface area contributed by atoms with E-state index in [1.807, 2.05) is 0 Å². The minimum atomic E-state index is 0.355. The number of carbonyl (C=O) groups excluding carboxylic acids is 1. The summed E-state index contributed by atoms with van der Waals surface area (Å²) in [5, 5.41) is 0.355. The third-order valence-electron chi connectivity index (χ3n) is 0.462. The van der Waals surface area contributed by atoms with E-state index in [4.69, 9.17) is 0 Å². The quantitative estimate of drug-likeness (QED) is 0.450. The summed E-state index contributed by atoms with van der Waals surface area (Å²) < 4.78 is 11.1. The van der Waals surface area contributed by atoms with E-state index < -0.39 is 0 Å². The van der Waals surface area contributed by atoms with Crippen LogP contribution >= 0.6 is 24.1 Å². The van der Waals surface area contributed by atoms with Crippen LogP contribution in [0.2, 0.25) is 0 Å². The van der Waals surface area contributed by atoms with Crippen LogP contribution < -0.4 is 0 Å². The van der Waals surface area contributed by atoms with E-state index in [9.17, 15) is 4.79 Å². The van der Waals surface area contributed by atoms with E-state index in [1.165, 1.54) is 0 Å². The number of hydrogen-bond donors (Lipinski definition) is 0. The van der Waals surface area contributed by atoms with Gasteiger partial charge in [0.05, 0.1) is 23.3 Å². The summed E-state index contributed by atoms with van der Waals surface area (Å²) in [6.07, 6.45) is 0.655. The fourth-order valence-corrected chi connectivity index (χ4v) is 1.65. The van der Waals surface area contributed by atoms with Crippen molar-refractivity contribution in [3.8, 4) is 0 Å². The summed E-state index contributed by atoms with van der Waals surface area (Å²) >= 11 is 3.06. The lowest BCUT2D eigenvalue weighted by molar-refractivity contribution is -0.102. The highest BCUT2D eigenvalue weighted by Crippen LogP contribution is 2.13. The van der Waals surface area contributed by atoms with Gasteiger partial charge in [-0.25, -0.2) is 0 Å². The van der Waals surface area contributed by atoms with Crippen LogP contribution in [0.15, 0.2) is 11.9 Å². The summed E-state index contributed by atoms with van der Waals surface area (Å²) in [6.45, 7) is 0. The van der Waals surface area contributed by atoms with Gasteiger partial charge >= 0.3 is 0 Å². The van der Waals surface area contributed by atoms with E-state index in [0.29, 0.717) is 11.3 Å². The zero-order chi connectivity index (χ0) is 6.53. The summed E-state index contributed by atoms with van der Waals surface area (Å²) in [6, 6.07) is 0. The summed E-state index contributed by atoms with van der Waals surface area (Å²) in [5.74, 6) is 0. The lowest BCUT2D eigenvalue weighted by Gasteiger charge is -1.80. The van der Waals surface area contributed by atoms with Crippen LogP contribution in [0.25, 0.3) is 0 Å². The second kappa shape index (κ2) is 3.80. The SMILES string of the molecule is O=CC1=NSN=S=NS1. The van der Waals surface area contributed by atoms with Gasteiger partial charge in [0.1, 0.15) is 12.1 Å². The van der Waals surface area contributed by atoms with Crippen molar-refractivity contribution in [2.24, 2.45) is 11.9 Å². The minimum Gasteiger partial charge on any atom is -0.295 e. The summed E-state index contributed by atoms with van der Waals surface area (Å²) in [4.78, 5) is 10.0. The monoisotopic (exact) mass is 179 g/mol. The van der Waals surface area contributed by atoms with Gasteiger partial charge in [-0.05, 0) is 0 Å². The fourth-order valence-electron chi connectivity index (χ4n) is 0.200. The molecular weight excluding hydrogens is 178 g/mol. The standard InChI is InChI=1S/C2HN3OS3/c6-1-2-3-8-5-9-4-7-2/h1H. The molecule has 0 N–H and O–H groups in total. The maximum absolute atomic E-state index is 10.0. The van der Waals surface area contributed by atoms with Crippen LogP contribution in [-0.4, -0.2) is 11.3 Å². The molecule has 1 rings (SSSR count). The van der Waals surface area contributed by atoms with Gasteiger partial charge in [0.2, 0.25) is 0 Å². The Balaban J connectivity index is 2.69. The van der Waals surface area contributed by atoms with Crippen LogP contribution in [0.3, 0.4) is 0 Å². The third-order valence-corrected chi connectivity index (χ3v) is 2.33. The van der Waals surface area contributed by atoms with E-state index in [-0.39, 0.29) is 0 Å². The van der Waals surface area contributed by atoms with Crippen molar-refractivity contribution >= 4 is 46.8 Å². The third kappa shape index (κ3) is 2.29. The molecule has 0 atom stereocenters. The highest BCUT2D eigenvalue weighted by atomic mass is 32.2. The number of nitrogens with zero attached hydrogens (tertiary/aromatic N) is 3. The normalized spacial score (nSPS) is 17.6. The second-order valence-electron chi connectivity index (χ2n) is 0.951. The Kier molecular flexibility index (Phi) is 2.95. The Morgan fingerprint density at radius 3 is 3.11 bits per heavy atom. The van der Waals surface area contributed by atoms with Crippen molar-refractivity contribution in [2.45, 2.75) is 0 Å². The topological polar surface area (TPSA) is 54.1 Å². The van der Waals surface area contributed by atoms with E-state index in [2.05, 4.69) is 11.9 Å². The lowest BCUT2D eigenvalue weighted by Crippen LogP contribution is -1.87. The Labute approximate surface area is 63.8 Å². The molecule has 0 aromatic heterocycles. The Hall–Kier alpha value is -0.140. The number of rotatable bonds is 1. The van der Waals surface area contributed by atoms with Gasteiger partial charge in [0, 0.05) is 0 Å². The second-order valence-corrected chi connectivity index (χ2v) is 3.25. The predicted molar refractivity (Wildman–Crippen MR) is 40.9 cm³/mol. The molecule has 1 aliphatic rings. The van der Waals surface area contributed by atoms with E-state index in [1.54, 1.807) is 0 Å². The molecule has 0 fully saturated rings. The molecule has 0 aliphatic carbocycles. The molecule has 4 nitrogen and oxygen atoms in total. The molecule has 48 valence electrons. The smallest absolute Gasteiger partial charge is 0.177 e. The first kappa shape index (κ1) is 6.97. The zero-order valence-electron chi connectivity index (χ0n) is 4.05. The van der Waals surface area contributed by atoms with Gasteiger partial charge in [-0.2, -0.15) is 4.40 Å². The highest BCUT2D eigenvalue weighted by molar-refractivity contribution is 8.18. The largest absolute Gasteiger partial charge is 0.295 e. The molecule has 0 saturated carbocycles. The minimum absolute atomic E-state index is 0.355. The Bertz CT molecular complexity index is 205. The van der Waals surface area contributed by atoms with Crippen LogP contribution in [0.4, 0.5) is 0 Å². The number of aldehydes is 1. The van der Waals surface area contributed by atoms with Crippen LogP contribution in [-0.2, 0) is 16.1 Å². The average molecular weight is 179 g/mol. The molecule has 0 bridgehead atoms. The molecule has 7 heteroatoms. The van der Waals surface area contributed by atoms with Gasteiger partial charge in [0.15, 0.2) is 11.3 Å². The van der Waals surface area contributed by atoms with Gasteiger partial charge in [-0.3, -0.25) is 4.79 Å². The molecule has 0 aromatic rings. The van der Waals surface area contributed by atoms with Crippen molar-refractivity contribution < 1.29 is 4.79 Å². The van der Waals surface area contributed by atoms with Crippen LogP contribution in [0, 0.1) is 0 Å².